The quantitative estimate of drug-likeness (QED) is 0.645. The van der Waals surface area contributed by atoms with E-state index in [1.165, 1.54) is 31.0 Å². The fraction of sp³-hybridized carbons (Fsp3) is 0.312. The van der Waals surface area contributed by atoms with Gasteiger partial charge in [0.25, 0.3) is 0 Å². The molecule has 1 aliphatic heterocycles. The van der Waals surface area contributed by atoms with Gasteiger partial charge >= 0.3 is 0 Å². The number of amides is 1. The maximum atomic E-state index is 13.8. The van der Waals surface area contributed by atoms with Gasteiger partial charge in [-0.1, -0.05) is 23.9 Å². The van der Waals surface area contributed by atoms with E-state index in [1.807, 2.05) is 4.90 Å². The Morgan fingerprint density at radius 2 is 2.20 bits per heavy atom. The molecule has 1 aromatic heterocycles. The predicted octanol–water partition coefficient (Wildman–Crippen LogP) is 1.99. The molecule has 1 fully saturated rings. The summed E-state index contributed by atoms with van der Waals surface area (Å²) in [4.78, 5) is 22.0. The molecule has 0 bridgehead atoms. The number of aromatic nitrogens is 2. The molecule has 6 nitrogen and oxygen atoms in total. The van der Waals surface area contributed by atoms with Crippen LogP contribution < -0.4 is 15.0 Å². The van der Waals surface area contributed by atoms with Gasteiger partial charge in [0.1, 0.15) is 5.82 Å². The SMILES string of the molecule is COc1cc(N2CCNC(=O)C2)nc(SCc2cccc(F)c2F)n1. The minimum absolute atomic E-state index is 0.0835. The minimum Gasteiger partial charge on any atom is -0.481 e. The van der Waals surface area contributed by atoms with Crippen LogP contribution in [0.2, 0.25) is 0 Å². The Bertz CT molecular complexity index is 791. The molecule has 0 spiro atoms. The Labute approximate surface area is 147 Å². The van der Waals surface area contributed by atoms with Gasteiger partial charge in [-0.3, -0.25) is 4.79 Å². The van der Waals surface area contributed by atoms with Crippen LogP contribution in [0.3, 0.4) is 0 Å². The lowest BCUT2D eigenvalue weighted by molar-refractivity contribution is -0.120. The number of carbonyl (C=O) groups is 1. The van der Waals surface area contributed by atoms with Crippen LogP contribution in [0.1, 0.15) is 5.56 Å². The molecule has 1 amide bonds. The largest absolute Gasteiger partial charge is 0.481 e. The number of anilines is 1. The fourth-order valence-corrected chi connectivity index (χ4v) is 3.18. The number of methoxy groups -OCH3 is 1. The molecule has 3 rings (SSSR count). The maximum Gasteiger partial charge on any atom is 0.239 e. The summed E-state index contributed by atoms with van der Waals surface area (Å²) in [5.74, 6) is -0.756. The molecule has 1 aromatic carbocycles. The number of hydrogen-bond donors (Lipinski definition) is 1. The van der Waals surface area contributed by atoms with Gasteiger partial charge < -0.3 is 15.0 Å². The van der Waals surface area contributed by atoms with Crippen molar-refractivity contribution in [3.8, 4) is 5.88 Å². The van der Waals surface area contributed by atoms with Gasteiger partial charge in [0.2, 0.25) is 11.8 Å². The molecule has 0 unspecified atom stereocenters. The standard InChI is InChI=1S/C16H16F2N4O2S/c1-24-14-7-12(22-6-5-19-13(23)8-22)20-16(21-14)25-9-10-3-2-4-11(17)15(10)18/h2-4,7H,5-6,8-9H2,1H3,(H,19,23). The highest BCUT2D eigenvalue weighted by atomic mass is 32.2. The number of halogens is 2. The van der Waals surface area contributed by atoms with Crippen molar-refractivity contribution in [1.29, 1.82) is 0 Å². The number of rotatable bonds is 5. The average Bonchev–Trinajstić information content (AvgIpc) is 2.62. The summed E-state index contributed by atoms with van der Waals surface area (Å²) in [6, 6.07) is 5.69. The van der Waals surface area contributed by atoms with Crippen LogP contribution in [-0.2, 0) is 10.5 Å². The van der Waals surface area contributed by atoms with Crippen LogP contribution >= 0.6 is 11.8 Å². The second-order valence-electron chi connectivity index (χ2n) is 5.32. The molecule has 25 heavy (non-hydrogen) atoms. The second kappa shape index (κ2) is 7.64. The molecule has 2 aromatic rings. The van der Waals surface area contributed by atoms with Crippen LogP contribution in [0.15, 0.2) is 29.4 Å². The molecule has 1 aliphatic rings. The van der Waals surface area contributed by atoms with Crippen LogP contribution in [0.5, 0.6) is 5.88 Å². The highest BCUT2D eigenvalue weighted by Gasteiger charge is 2.19. The Morgan fingerprint density at radius 3 is 2.96 bits per heavy atom. The molecule has 1 N–H and O–H groups in total. The number of ether oxygens (including phenoxy) is 1. The molecule has 0 atom stereocenters. The van der Waals surface area contributed by atoms with E-state index in [1.54, 1.807) is 6.07 Å². The number of thioether (sulfide) groups is 1. The first kappa shape index (κ1) is 17.4. The maximum absolute atomic E-state index is 13.8. The van der Waals surface area contributed by atoms with Crippen molar-refractivity contribution in [2.24, 2.45) is 0 Å². The first-order valence-corrected chi connectivity index (χ1v) is 8.56. The van der Waals surface area contributed by atoms with Gasteiger partial charge in [-0.05, 0) is 6.07 Å². The average molecular weight is 366 g/mol. The second-order valence-corrected chi connectivity index (χ2v) is 6.27. The Morgan fingerprint density at radius 1 is 1.36 bits per heavy atom. The Kier molecular flexibility index (Phi) is 5.32. The fourth-order valence-electron chi connectivity index (χ4n) is 2.36. The van der Waals surface area contributed by atoms with E-state index < -0.39 is 11.6 Å². The zero-order valence-corrected chi connectivity index (χ0v) is 14.3. The zero-order chi connectivity index (χ0) is 17.8. The summed E-state index contributed by atoms with van der Waals surface area (Å²) >= 11 is 1.17. The highest BCUT2D eigenvalue weighted by Crippen LogP contribution is 2.27. The van der Waals surface area contributed by atoms with Crippen LogP contribution in [0.25, 0.3) is 0 Å². The van der Waals surface area contributed by atoms with E-state index in [0.29, 0.717) is 29.9 Å². The monoisotopic (exact) mass is 366 g/mol. The van der Waals surface area contributed by atoms with Gasteiger partial charge in [0, 0.05) is 30.5 Å². The summed E-state index contributed by atoms with van der Waals surface area (Å²) in [7, 11) is 1.48. The number of piperazine rings is 1. The molecule has 132 valence electrons. The summed E-state index contributed by atoms with van der Waals surface area (Å²) < 4.78 is 32.2. The predicted molar refractivity (Wildman–Crippen MR) is 89.7 cm³/mol. The molecular weight excluding hydrogens is 350 g/mol. The normalized spacial score (nSPS) is 14.4. The minimum atomic E-state index is -0.885. The van der Waals surface area contributed by atoms with Gasteiger partial charge in [-0.25, -0.2) is 13.8 Å². The number of benzene rings is 1. The third-order valence-electron chi connectivity index (χ3n) is 3.63. The topological polar surface area (TPSA) is 67.3 Å². The van der Waals surface area contributed by atoms with Crippen molar-refractivity contribution in [1.82, 2.24) is 15.3 Å². The Balaban J connectivity index is 1.80. The summed E-state index contributed by atoms with van der Waals surface area (Å²) in [6.45, 7) is 1.35. The van der Waals surface area contributed by atoms with E-state index in [9.17, 15) is 13.6 Å². The van der Waals surface area contributed by atoms with Crippen molar-refractivity contribution in [3.05, 3.63) is 41.5 Å². The molecular formula is C16H16F2N4O2S. The number of nitrogens with zero attached hydrogens (tertiary/aromatic N) is 3. The highest BCUT2D eigenvalue weighted by molar-refractivity contribution is 7.98. The summed E-state index contributed by atoms with van der Waals surface area (Å²) in [6.07, 6.45) is 0. The lowest BCUT2D eigenvalue weighted by atomic mass is 10.2. The molecule has 0 aliphatic carbocycles. The van der Waals surface area contributed by atoms with Crippen molar-refractivity contribution in [2.75, 3.05) is 31.6 Å². The third kappa shape index (κ3) is 4.16. The van der Waals surface area contributed by atoms with Crippen molar-refractivity contribution >= 4 is 23.5 Å². The Hall–Kier alpha value is -2.42. The van der Waals surface area contributed by atoms with E-state index in [2.05, 4.69) is 15.3 Å². The summed E-state index contributed by atoms with van der Waals surface area (Å²) in [5, 5.41) is 3.11. The lowest BCUT2D eigenvalue weighted by Gasteiger charge is -2.27. The molecule has 0 radical (unpaired) electrons. The van der Waals surface area contributed by atoms with Crippen LogP contribution in [0.4, 0.5) is 14.6 Å². The number of carbonyl (C=O) groups excluding carboxylic acids is 1. The number of nitrogens with one attached hydrogen (secondary N) is 1. The van der Waals surface area contributed by atoms with E-state index >= 15 is 0 Å². The van der Waals surface area contributed by atoms with Gasteiger partial charge in [-0.15, -0.1) is 0 Å². The smallest absolute Gasteiger partial charge is 0.239 e. The number of hydrogen-bond acceptors (Lipinski definition) is 6. The van der Waals surface area contributed by atoms with E-state index in [0.717, 1.165) is 6.07 Å². The lowest BCUT2D eigenvalue weighted by Crippen LogP contribution is -2.48. The van der Waals surface area contributed by atoms with Crippen molar-refractivity contribution < 1.29 is 18.3 Å². The molecule has 0 saturated carbocycles. The van der Waals surface area contributed by atoms with E-state index in [4.69, 9.17) is 4.74 Å². The first-order valence-electron chi connectivity index (χ1n) is 7.57. The van der Waals surface area contributed by atoms with Gasteiger partial charge in [0.05, 0.1) is 13.7 Å². The summed E-state index contributed by atoms with van der Waals surface area (Å²) in [5.41, 5.74) is 0.232. The van der Waals surface area contributed by atoms with Gasteiger partial charge in [-0.2, -0.15) is 4.98 Å². The van der Waals surface area contributed by atoms with Crippen molar-refractivity contribution in [3.63, 3.8) is 0 Å². The molecule has 9 heteroatoms. The zero-order valence-electron chi connectivity index (χ0n) is 13.5. The molecule has 1 saturated heterocycles. The first-order chi connectivity index (χ1) is 12.1. The van der Waals surface area contributed by atoms with Crippen LogP contribution in [0, 0.1) is 11.6 Å². The molecule has 2 heterocycles. The van der Waals surface area contributed by atoms with E-state index in [-0.39, 0.29) is 23.8 Å². The third-order valence-corrected chi connectivity index (χ3v) is 4.52. The van der Waals surface area contributed by atoms with Crippen LogP contribution in [-0.4, -0.2) is 42.6 Å². The van der Waals surface area contributed by atoms with Crippen molar-refractivity contribution in [2.45, 2.75) is 10.9 Å². The van der Waals surface area contributed by atoms with Gasteiger partial charge in [0.15, 0.2) is 16.8 Å².